The first kappa shape index (κ1) is 12.1. The predicted molar refractivity (Wildman–Crippen MR) is 64.7 cm³/mol. The minimum atomic E-state index is -0.399. The third kappa shape index (κ3) is 2.67. The molecule has 1 aromatic carbocycles. The van der Waals surface area contributed by atoms with Crippen LogP contribution in [-0.4, -0.2) is 18.2 Å². The van der Waals surface area contributed by atoms with Crippen molar-refractivity contribution in [2.45, 2.75) is 31.8 Å². The fourth-order valence-corrected chi connectivity index (χ4v) is 2.48. The zero-order chi connectivity index (χ0) is 12.3. The number of hydrogen-bond donors (Lipinski definition) is 1. The van der Waals surface area contributed by atoms with Gasteiger partial charge in [0.25, 0.3) is 0 Å². The van der Waals surface area contributed by atoms with E-state index in [0.29, 0.717) is 11.5 Å². The van der Waals surface area contributed by atoms with E-state index in [9.17, 15) is 9.90 Å². The van der Waals surface area contributed by atoms with Crippen molar-refractivity contribution < 1.29 is 14.6 Å². The van der Waals surface area contributed by atoms with Gasteiger partial charge in [-0.05, 0) is 36.5 Å². The molecule has 0 saturated heterocycles. The number of carbonyl (C=O) groups excluding carboxylic acids is 1. The Hall–Kier alpha value is -1.35. The largest absolute Gasteiger partial charge is 0.465 e. The van der Waals surface area contributed by atoms with Crippen molar-refractivity contribution in [2.24, 2.45) is 5.92 Å². The third-order valence-corrected chi connectivity index (χ3v) is 3.52. The van der Waals surface area contributed by atoms with Crippen molar-refractivity contribution in [1.29, 1.82) is 0 Å². The van der Waals surface area contributed by atoms with E-state index in [1.807, 2.05) is 12.1 Å². The van der Waals surface area contributed by atoms with Gasteiger partial charge in [0.2, 0.25) is 0 Å². The molecule has 1 aliphatic rings. The van der Waals surface area contributed by atoms with E-state index in [-0.39, 0.29) is 5.97 Å². The molecule has 1 aliphatic carbocycles. The zero-order valence-corrected chi connectivity index (χ0v) is 10.1. The lowest BCUT2D eigenvalue weighted by molar-refractivity contribution is 0.0600. The minimum absolute atomic E-state index is 0.341. The Balaban J connectivity index is 2.09. The standard InChI is InChI=1S/C14H18O3/c1-17-14(16)12-8-6-11(7-9-12)13(15)10-4-2-3-5-10/h6-10,13,15H,2-5H2,1H3. The first-order chi connectivity index (χ1) is 8.22. The monoisotopic (exact) mass is 234 g/mol. The summed E-state index contributed by atoms with van der Waals surface area (Å²) in [7, 11) is 1.36. The molecule has 0 amide bonds. The van der Waals surface area contributed by atoms with Gasteiger partial charge in [-0.25, -0.2) is 4.79 Å². The number of hydrogen-bond acceptors (Lipinski definition) is 3. The highest BCUT2D eigenvalue weighted by atomic mass is 16.5. The molecule has 0 aromatic heterocycles. The first-order valence-corrected chi connectivity index (χ1v) is 6.08. The number of carbonyl (C=O) groups is 1. The van der Waals surface area contributed by atoms with E-state index < -0.39 is 6.10 Å². The molecule has 0 aliphatic heterocycles. The number of aliphatic hydroxyl groups excluding tert-OH is 1. The summed E-state index contributed by atoms with van der Waals surface area (Å²) in [4.78, 5) is 11.3. The number of aliphatic hydroxyl groups is 1. The maximum atomic E-state index is 11.3. The lowest BCUT2D eigenvalue weighted by Crippen LogP contribution is -2.09. The van der Waals surface area contributed by atoms with Crippen LogP contribution in [0.25, 0.3) is 0 Å². The van der Waals surface area contributed by atoms with E-state index in [4.69, 9.17) is 0 Å². The van der Waals surface area contributed by atoms with Crippen LogP contribution in [0.4, 0.5) is 0 Å². The summed E-state index contributed by atoms with van der Waals surface area (Å²) in [6.45, 7) is 0. The SMILES string of the molecule is COC(=O)c1ccc(C(O)C2CCCC2)cc1. The number of ether oxygens (including phenoxy) is 1. The summed E-state index contributed by atoms with van der Waals surface area (Å²) in [5.41, 5.74) is 1.42. The van der Waals surface area contributed by atoms with Crippen LogP contribution in [-0.2, 0) is 4.74 Å². The quantitative estimate of drug-likeness (QED) is 0.818. The van der Waals surface area contributed by atoms with Crippen LogP contribution in [0.2, 0.25) is 0 Å². The van der Waals surface area contributed by atoms with E-state index in [1.54, 1.807) is 12.1 Å². The van der Waals surface area contributed by atoms with E-state index >= 15 is 0 Å². The molecule has 0 heterocycles. The third-order valence-electron chi connectivity index (χ3n) is 3.52. The second-order valence-corrected chi connectivity index (χ2v) is 4.60. The van der Waals surface area contributed by atoms with Gasteiger partial charge in [-0.3, -0.25) is 0 Å². The van der Waals surface area contributed by atoms with Crippen LogP contribution < -0.4 is 0 Å². The first-order valence-electron chi connectivity index (χ1n) is 6.08. The summed E-state index contributed by atoms with van der Waals surface area (Å²) in [6.07, 6.45) is 4.22. The highest BCUT2D eigenvalue weighted by Crippen LogP contribution is 2.35. The topological polar surface area (TPSA) is 46.5 Å². The van der Waals surface area contributed by atoms with Crippen LogP contribution in [0.15, 0.2) is 24.3 Å². The predicted octanol–water partition coefficient (Wildman–Crippen LogP) is 2.70. The van der Waals surface area contributed by atoms with Crippen molar-refractivity contribution in [3.05, 3.63) is 35.4 Å². The Morgan fingerprint density at radius 2 is 1.88 bits per heavy atom. The fraction of sp³-hybridized carbons (Fsp3) is 0.500. The molecule has 0 radical (unpaired) electrons. The molecular weight excluding hydrogens is 216 g/mol. The Labute approximate surface area is 101 Å². The molecule has 1 atom stereocenters. The molecule has 1 N–H and O–H groups in total. The maximum absolute atomic E-state index is 11.3. The molecule has 3 nitrogen and oxygen atoms in total. The molecule has 0 bridgehead atoms. The van der Waals surface area contributed by atoms with Gasteiger partial charge in [0.15, 0.2) is 0 Å². The molecule has 1 fully saturated rings. The Bertz CT molecular complexity index is 377. The molecule has 92 valence electrons. The molecule has 1 aromatic rings. The summed E-state index contributed by atoms with van der Waals surface area (Å²) >= 11 is 0. The second-order valence-electron chi connectivity index (χ2n) is 4.60. The Kier molecular flexibility index (Phi) is 3.79. The van der Waals surface area contributed by atoms with Gasteiger partial charge in [-0.1, -0.05) is 25.0 Å². The minimum Gasteiger partial charge on any atom is -0.465 e. The van der Waals surface area contributed by atoms with Crippen LogP contribution >= 0.6 is 0 Å². The average Bonchev–Trinajstić information content (AvgIpc) is 2.91. The molecule has 1 unspecified atom stereocenters. The smallest absolute Gasteiger partial charge is 0.337 e. The van der Waals surface area contributed by atoms with Crippen molar-refractivity contribution >= 4 is 5.97 Å². The number of methoxy groups -OCH3 is 1. The summed E-state index contributed by atoms with van der Waals surface area (Å²) < 4.78 is 4.63. The van der Waals surface area contributed by atoms with E-state index in [0.717, 1.165) is 18.4 Å². The molecule has 0 spiro atoms. The normalized spacial score (nSPS) is 18.0. The summed E-state index contributed by atoms with van der Waals surface area (Å²) in [5.74, 6) is 0.0332. The second kappa shape index (κ2) is 5.32. The zero-order valence-electron chi connectivity index (χ0n) is 10.1. The van der Waals surface area contributed by atoms with E-state index in [1.165, 1.54) is 20.0 Å². The molecule has 17 heavy (non-hydrogen) atoms. The molecule has 2 rings (SSSR count). The van der Waals surface area contributed by atoms with Crippen molar-refractivity contribution in [3.8, 4) is 0 Å². The van der Waals surface area contributed by atoms with Gasteiger partial charge in [0.1, 0.15) is 0 Å². The van der Waals surface area contributed by atoms with Gasteiger partial charge in [0, 0.05) is 0 Å². The summed E-state index contributed by atoms with van der Waals surface area (Å²) in [5, 5.41) is 10.2. The van der Waals surface area contributed by atoms with Crippen LogP contribution in [0.5, 0.6) is 0 Å². The van der Waals surface area contributed by atoms with Gasteiger partial charge >= 0.3 is 5.97 Å². The Morgan fingerprint density at radius 3 is 2.41 bits per heavy atom. The van der Waals surface area contributed by atoms with Crippen LogP contribution in [0.1, 0.15) is 47.7 Å². The van der Waals surface area contributed by atoms with Gasteiger partial charge in [-0.2, -0.15) is 0 Å². The maximum Gasteiger partial charge on any atom is 0.337 e. The van der Waals surface area contributed by atoms with Crippen molar-refractivity contribution in [2.75, 3.05) is 7.11 Å². The average molecular weight is 234 g/mol. The van der Waals surface area contributed by atoms with Gasteiger partial charge in [0.05, 0.1) is 18.8 Å². The molecule has 1 saturated carbocycles. The molecule has 3 heteroatoms. The van der Waals surface area contributed by atoms with Crippen molar-refractivity contribution in [1.82, 2.24) is 0 Å². The van der Waals surface area contributed by atoms with Gasteiger partial charge < -0.3 is 9.84 Å². The lowest BCUT2D eigenvalue weighted by atomic mass is 9.94. The molecular formula is C14H18O3. The number of esters is 1. The lowest BCUT2D eigenvalue weighted by Gasteiger charge is -2.18. The van der Waals surface area contributed by atoms with Crippen LogP contribution in [0, 0.1) is 5.92 Å². The highest BCUT2D eigenvalue weighted by molar-refractivity contribution is 5.89. The number of rotatable bonds is 3. The van der Waals surface area contributed by atoms with E-state index in [2.05, 4.69) is 4.74 Å². The highest BCUT2D eigenvalue weighted by Gasteiger charge is 2.24. The summed E-state index contributed by atoms with van der Waals surface area (Å²) in [6, 6.07) is 7.04. The van der Waals surface area contributed by atoms with Crippen LogP contribution in [0.3, 0.4) is 0 Å². The fourth-order valence-electron chi connectivity index (χ4n) is 2.48. The van der Waals surface area contributed by atoms with Gasteiger partial charge in [-0.15, -0.1) is 0 Å². The Morgan fingerprint density at radius 1 is 1.29 bits per heavy atom. The van der Waals surface area contributed by atoms with Crippen molar-refractivity contribution in [3.63, 3.8) is 0 Å². The number of benzene rings is 1.